The van der Waals surface area contributed by atoms with Crippen LogP contribution in [0.25, 0.3) is 17.1 Å². The van der Waals surface area contributed by atoms with Gasteiger partial charge in [0.25, 0.3) is 0 Å². The van der Waals surface area contributed by atoms with Crippen LogP contribution in [0.2, 0.25) is 10.0 Å². The third-order valence-corrected chi connectivity index (χ3v) is 6.61. The Labute approximate surface area is 185 Å². The Bertz CT molecular complexity index is 1180. The van der Waals surface area contributed by atoms with E-state index in [2.05, 4.69) is 10.2 Å². The summed E-state index contributed by atoms with van der Waals surface area (Å²) in [7, 11) is -3.22. The molecule has 0 aliphatic rings. The fraction of sp³-hybridized carbons (Fsp3) is 0.222. The van der Waals surface area contributed by atoms with Gasteiger partial charge in [-0.05, 0) is 30.3 Å². The molecule has 1 heterocycles. The van der Waals surface area contributed by atoms with Crippen LogP contribution in [-0.4, -0.2) is 40.9 Å². The van der Waals surface area contributed by atoms with Crippen molar-refractivity contribution in [1.82, 2.24) is 14.8 Å². The second-order valence-electron chi connectivity index (χ2n) is 6.29. The fourth-order valence-electron chi connectivity index (χ4n) is 2.56. The van der Waals surface area contributed by atoms with Gasteiger partial charge in [-0.2, -0.15) is 13.2 Å². The number of thioether (sulfide) groups is 1. The van der Waals surface area contributed by atoms with E-state index in [4.69, 9.17) is 23.2 Å². The number of hydrogen-bond donors (Lipinski definition) is 0. The highest BCUT2D eigenvalue weighted by atomic mass is 35.5. The number of aromatic nitrogens is 3. The van der Waals surface area contributed by atoms with Crippen LogP contribution in [0, 0.1) is 0 Å². The minimum atomic E-state index is -4.65. The van der Waals surface area contributed by atoms with Crippen molar-refractivity contribution >= 4 is 44.8 Å². The van der Waals surface area contributed by atoms with Crippen LogP contribution in [0.3, 0.4) is 0 Å². The van der Waals surface area contributed by atoms with Gasteiger partial charge in [0.2, 0.25) is 0 Å². The smallest absolute Gasteiger partial charge is 0.270 e. The molecule has 0 bridgehead atoms. The number of rotatable bonds is 6. The van der Waals surface area contributed by atoms with Gasteiger partial charge in [0.15, 0.2) is 11.0 Å². The zero-order valence-electron chi connectivity index (χ0n) is 15.3. The molecule has 0 unspecified atom stereocenters. The molecule has 0 saturated carbocycles. The largest absolute Gasteiger partial charge is 0.417 e. The van der Waals surface area contributed by atoms with E-state index in [9.17, 15) is 21.6 Å². The van der Waals surface area contributed by atoms with E-state index in [0.717, 1.165) is 30.2 Å². The van der Waals surface area contributed by atoms with E-state index < -0.39 is 26.6 Å². The third-order valence-electron chi connectivity index (χ3n) is 3.92. The molecule has 5 nitrogen and oxygen atoms in total. The second-order valence-corrected chi connectivity index (χ2v) is 10.5. The summed E-state index contributed by atoms with van der Waals surface area (Å²) in [4.78, 5) is 0. The molecule has 12 heteroatoms. The van der Waals surface area contributed by atoms with Gasteiger partial charge in [-0.1, -0.05) is 47.1 Å². The Balaban J connectivity index is 2.13. The molecule has 3 rings (SSSR count). The average molecular weight is 496 g/mol. The molecule has 0 spiro atoms. The molecule has 0 amide bonds. The highest BCUT2D eigenvalue weighted by molar-refractivity contribution is 8.00. The summed E-state index contributed by atoms with van der Waals surface area (Å²) in [6.07, 6.45) is -3.55. The Hall–Kier alpha value is -1.75. The molecule has 0 N–H and O–H groups in total. The number of hydrogen-bond acceptors (Lipinski definition) is 5. The summed E-state index contributed by atoms with van der Waals surface area (Å²) in [5.41, 5.74) is -0.332. The fourth-order valence-corrected chi connectivity index (χ4v) is 5.13. The summed E-state index contributed by atoms with van der Waals surface area (Å²) in [5, 5.41) is 8.38. The average Bonchev–Trinajstić information content (AvgIpc) is 3.04. The minimum Gasteiger partial charge on any atom is -0.270 e. The highest BCUT2D eigenvalue weighted by Gasteiger charge is 2.34. The van der Waals surface area contributed by atoms with Crippen LogP contribution < -0.4 is 0 Å². The molecule has 30 heavy (non-hydrogen) atoms. The molecule has 0 radical (unpaired) electrons. The molecule has 0 aliphatic carbocycles. The van der Waals surface area contributed by atoms with Crippen LogP contribution in [0.4, 0.5) is 13.2 Å². The number of benzene rings is 2. The van der Waals surface area contributed by atoms with Gasteiger partial charge in [0, 0.05) is 22.6 Å². The maximum atomic E-state index is 13.4. The molecular formula is C18H14Cl2F3N3O2S2. The van der Waals surface area contributed by atoms with E-state index in [1.165, 1.54) is 10.6 Å². The van der Waals surface area contributed by atoms with Crippen LogP contribution in [0.1, 0.15) is 5.56 Å². The summed E-state index contributed by atoms with van der Waals surface area (Å²) in [6.45, 7) is 0. The van der Waals surface area contributed by atoms with Crippen LogP contribution in [0.5, 0.6) is 0 Å². The van der Waals surface area contributed by atoms with E-state index >= 15 is 0 Å². The lowest BCUT2D eigenvalue weighted by Crippen LogP contribution is -2.09. The molecular weight excluding hydrogens is 482 g/mol. The van der Waals surface area contributed by atoms with Crippen molar-refractivity contribution in [3.8, 4) is 17.1 Å². The Kier molecular flexibility index (Phi) is 6.71. The zero-order valence-corrected chi connectivity index (χ0v) is 18.5. The quantitative estimate of drug-likeness (QED) is 0.428. The minimum absolute atomic E-state index is 0.120. The molecule has 0 atom stereocenters. The molecule has 2 aromatic carbocycles. The topological polar surface area (TPSA) is 64.8 Å². The van der Waals surface area contributed by atoms with Gasteiger partial charge >= 0.3 is 6.18 Å². The van der Waals surface area contributed by atoms with Crippen LogP contribution in [0.15, 0.2) is 47.6 Å². The Morgan fingerprint density at radius 2 is 1.83 bits per heavy atom. The molecule has 160 valence electrons. The SMILES string of the molecule is CS(=O)(=O)CCSc1nnc(-c2cccc(Cl)c2)n1-c1ccc(Cl)c(C(F)(F)F)c1. The van der Waals surface area contributed by atoms with E-state index in [-0.39, 0.29) is 28.2 Å². The first kappa shape index (κ1) is 22.9. The maximum Gasteiger partial charge on any atom is 0.417 e. The van der Waals surface area contributed by atoms with Crippen LogP contribution >= 0.6 is 35.0 Å². The van der Waals surface area contributed by atoms with Crippen molar-refractivity contribution in [3.63, 3.8) is 0 Å². The van der Waals surface area contributed by atoms with Crippen molar-refractivity contribution in [2.75, 3.05) is 17.8 Å². The lowest BCUT2D eigenvalue weighted by atomic mass is 10.1. The van der Waals surface area contributed by atoms with E-state index in [0.29, 0.717) is 10.6 Å². The van der Waals surface area contributed by atoms with Gasteiger partial charge in [-0.3, -0.25) is 4.57 Å². The molecule has 0 aliphatic heterocycles. The normalized spacial score (nSPS) is 12.3. The van der Waals surface area contributed by atoms with Gasteiger partial charge in [0.1, 0.15) is 9.84 Å². The van der Waals surface area contributed by atoms with Gasteiger partial charge in [-0.25, -0.2) is 8.42 Å². The Morgan fingerprint density at radius 3 is 2.47 bits per heavy atom. The summed E-state index contributed by atoms with van der Waals surface area (Å²) in [6, 6.07) is 10.1. The molecule has 3 aromatic rings. The number of alkyl halides is 3. The summed E-state index contributed by atoms with van der Waals surface area (Å²) >= 11 is 12.9. The number of halogens is 5. The van der Waals surface area contributed by atoms with Crippen molar-refractivity contribution in [2.45, 2.75) is 11.3 Å². The first-order valence-corrected chi connectivity index (χ1v) is 12.1. The molecule has 0 saturated heterocycles. The molecule has 0 fully saturated rings. The van der Waals surface area contributed by atoms with E-state index in [1.54, 1.807) is 24.3 Å². The summed E-state index contributed by atoms with van der Waals surface area (Å²) in [5.74, 6) is 0.298. The number of nitrogens with zero attached hydrogens (tertiary/aromatic N) is 3. The first-order valence-electron chi connectivity index (χ1n) is 8.35. The van der Waals surface area contributed by atoms with Gasteiger partial charge in [-0.15, -0.1) is 10.2 Å². The van der Waals surface area contributed by atoms with Gasteiger partial charge in [0.05, 0.1) is 22.0 Å². The monoisotopic (exact) mass is 495 g/mol. The first-order chi connectivity index (χ1) is 14.0. The van der Waals surface area contributed by atoms with Crippen molar-refractivity contribution in [3.05, 3.63) is 58.1 Å². The standard InChI is InChI=1S/C18H14Cl2F3N3O2S2/c1-30(27,28)8-7-29-17-25-24-16(11-3-2-4-12(19)9-11)26(17)13-5-6-15(20)14(10-13)18(21,22)23/h2-6,9-10H,7-8H2,1H3. The molecule has 1 aromatic heterocycles. The van der Waals surface area contributed by atoms with E-state index in [1.807, 2.05) is 0 Å². The number of sulfone groups is 1. The highest BCUT2D eigenvalue weighted by Crippen LogP contribution is 2.37. The zero-order chi connectivity index (χ0) is 22.1. The van der Waals surface area contributed by atoms with Gasteiger partial charge < -0.3 is 0 Å². The van der Waals surface area contributed by atoms with Crippen molar-refractivity contribution in [1.29, 1.82) is 0 Å². The predicted molar refractivity (Wildman–Crippen MR) is 112 cm³/mol. The lowest BCUT2D eigenvalue weighted by molar-refractivity contribution is -0.137. The van der Waals surface area contributed by atoms with Crippen molar-refractivity contribution < 1.29 is 21.6 Å². The maximum absolute atomic E-state index is 13.4. The predicted octanol–water partition coefficient (Wildman–Crippen LogP) is 5.40. The lowest BCUT2D eigenvalue weighted by Gasteiger charge is -2.14. The van der Waals surface area contributed by atoms with Crippen molar-refractivity contribution in [2.24, 2.45) is 0 Å². The second kappa shape index (κ2) is 8.78. The third kappa shape index (κ3) is 5.48. The van der Waals surface area contributed by atoms with Crippen LogP contribution in [-0.2, 0) is 16.0 Å². The Morgan fingerprint density at radius 1 is 1.10 bits per heavy atom. The summed E-state index contributed by atoms with van der Waals surface area (Å²) < 4.78 is 64.4.